The Kier molecular flexibility index (Phi) is 16.4. The molecule has 0 unspecified atom stereocenters. The molecule has 6 atom stereocenters. The highest BCUT2D eigenvalue weighted by Crippen LogP contribution is 2.62. The standard InChI is InChI=1S/C51H59N3O11/c1-3-27-62-51-47(53(2)50(57)61-29-28-60-34-36-15-6-4-7-16-36)33-45(52-63-35-37-17-8-5-9-18-37)43-30-38(19-10-12-25-55)42(22-11-13-26-56)48(49(43)51)44-32-41(23-24-46(44)65-51)64-40-21-14-20-39(31-40)54(58)59/h3-9,14-18,20-21,23-24,30-32,38,42,47-49,55-56H,1,10-13,19,22,25-29,33-35H2,2H3/t38-,42+,47-,48+,49+,51+/m0/s1. The van der Waals surface area contributed by atoms with Crippen molar-refractivity contribution in [3.05, 3.63) is 154 Å². The van der Waals surface area contributed by atoms with Gasteiger partial charge in [0.1, 0.15) is 36.5 Å². The minimum atomic E-state index is -1.48. The molecule has 0 saturated heterocycles. The summed E-state index contributed by atoms with van der Waals surface area (Å²) < 4.78 is 32.2. The molecule has 1 aliphatic heterocycles. The Morgan fingerprint density at radius 1 is 0.908 bits per heavy atom. The molecule has 0 radical (unpaired) electrons. The normalized spacial score (nSPS) is 22.4. The van der Waals surface area contributed by atoms with Gasteiger partial charge in [-0.15, -0.1) is 6.58 Å². The van der Waals surface area contributed by atoms with Crippen LogP contribution >= 0.6 is 0 Å². The number of ether oxygens (including phenoxy) is 5. The number of hydrogen-bond donors (Lipinski definition) is 2. The van der Waals surface area contributed by atoms with E-state index in [2.05, 4.69) is 12.7 Å². The first kappa shape index (κ1) is 46.9. The molecule has 2 aliphatic carbocycles. The van der Waals surface area contributed by atoms with Gasteiger partial charge in [0, 0.05) is 44.2 Å². The predicted molar refractivity (Wildman–Crippen MR) is 245 cm³/mol. The highest BCUT2D eigenvalue weighted by Gasteiger charge is 2.65. The number of benzene rings is 4. The van der Waals surface area contributed by atoms with Gasteiger partial charge in [0.25, 0.3) is 5.69 Å². The number of nitrogens with zero attached hydrogens (tertiary/aromatic N) is 3. The molecule has 344 valence electrons. The molecule has 65 heavy (non-hydrogen) atoms. The number of non-ortho nitro benzene ring substituents is 1. The number of allylic oxidation sites excluding steroid dienone is 1. The van der Waals surface area contributed by atoms with Crippen molar-refractivity contribution in [1.82, 2.24) is 4.90 Å². The maximum absolute atomic E-state index is 14.2. The molecule has 3 aliphatic rings. The number of amides is 1. The number of fused-ring (bicyclic) bond motifs is 2. The SMILES string of the molecule is C=CCO[C@@]12Oc3ccc(Oc4cccc([N+](=O)[O-])c4)cc3[C@H]3[C@H](CCCCO)[C@@H](CCCCO)C=C(C(=NOCc4ccccc4)C[C@@H]1N(C)C(=O)OCCOCc1ccccc1)[C@H]32. The van der Waals surface area contributed by atoms with E-state index in [-0.39, 0.29) is 69.5 Å². The van der Waals surface area contributed by atoms with Crippen LogP contribution in [-0.4, -0.2) is 83.8 Å². The summed E-state index contributed by atoms with van der Waals surface area (Å²) in [5.74, 6) is -1.08. The van der Waals surface area contributed by atoms with E-state index >= 15 is 0 Å². The second-order valence-corrected chi connectivity index (χ2v) is 16.7. The Labute approximate surface area is 380 Å². The van der Waals surface area contributed by atoms with Crippen molar-refractivity contribution < 1.29 is 48.5 Å². The van der Waals surface area contributed by atoms with Gasteiger partial charge >= 0.3 is 6.09 Å². The quantitative estimate of drug-likeness (QED) is 0.0315. The van der Waals surface area contributed by atoms with E-state index in [9.17, 15) is 25.1 Å². The van der Waals surface area contributed by atoms with E-state index in [1.807, 2.05) is 72.8 Å². The number of nitro groups is 1. The van der Waals surface area contributed by atoms with Crippen molar-refractivity contribution in [3.8, 4) is 17.2 Å². The first-order valence-electron chi connectivity index (χ1n) is 22.4. The van der Waals surface area contributed by atoms with Crippen molar-refractivity contribution in [2.75, 3.05) is 40.1 Å². The molecule has 1 fully saturated rings. The van der Waals surface area contributed by atoms with Crippen molar-refractivity contribution in [1.29, 1.82) is 0 Å². The number of unbranched alkanes of at least 4 members (excludes halogenated alkanes) is 2. The molecule has 4 aromatic carbocycles. The van der Waals surface area contributed by atoms with Gasteiger partial charge < -0.3 is 43.6 Å². The fourth-order valence-corrected chi connectivity index (χ4v) is 9.53. The van der Waals surface area contributed by atoms with Gasteiger partial charge in [-0.2, -0.15) is 0 Å². The van der Waals surface area contributed by atoms with Gasteiger partial charge in [-0.05, 0) is 78.5 Å². The summed E-state index contributed by atoms with van der Waals surface area (Å²) in [4.78, 5) is 33.1. The molecule has 1 amide bonds. The van der Waals surface area contributed by atoms with E-state index in [4.69, 9.17) is 33.7 Å². The number of aliphatic hydroxyl groups is 2. The van der Waals surface area contributed by atoms with E-state index in [1.165, 1.54) is 17.0 Å². The number of carbonyl (C=O) groups is 1. The number of oxime groups is 1. The molecular formula is C51H59N3O11. The van der Waals surface area contributed by atoms with Gasteiger partial charge in [0.2, 0.25) is 5.79 Å². The number of rotatable bonds is 23. The van der Waals surface area contributed by atoms with Crippen LogP contribution in [0, 0.1) is 27.9 Å². The summed E-state index contributed by atoms with van der Waals surface area (Å²) in [6, 6.07) is 30.3. The fraction of sp³-hybridized carbons (Fsp3) is 0.412. The van der Waals surface area contributed by atoms with E-state index < -0.39 is 28.8 Å². The second kappa shape index (κ2) is 22.7. The minimum absolute atomic E-state index is 0.00958. The third kappa shape index (κ3) is 11.3. The summed E-state index contributed by atoms with van der Waals surface area (Å²) >= 11 is 0. The molecule has 0 bridgehead atoms. The number of hydrogen-bond acceptors (Lipinski definition) is 12. The summed E-state index contributed by atoms with van der Waals surface area (Å²) in [7, 11) is 1.68. The predicted octanol–water partition coefficient (Wildman–Crippen LogP) is 9.51. The van der Waals surface area contributed by atoms with Gasteiger partial charge in [-0.3, -0.25) is 10.1 Å². The lowest BCUT2D eigenvalue weighted by Crippen LogP contribution is -2.69. The number of nitro benzene ring substituents is 1. The van der Waals surface area contributed by atoms with Gasteiger partial charge in [0.15, 0.2) is 0 Å². The van der Waals surface area contributed by atoms with Crippen LogP contribution in [0.15, 0.2) is 133 Å². The zero-order chi connectivity index (χ0) is 45.6. The Bertz CT molecular complexity index is 2270. The Hall–Kier alpha value is -6.06. The zero-order valence-electron chi connectivity index (χ0n) is 36.9. The van der Waals surface area contributed by atoms with Crippen LogP contribution < -0.4 is 9.47 Å². The van der Waals surface area contributed by atoms with Crippen LogP contribution in [0.1, 0.15) is 67.6 Å². The fourth-order valence-electron chi connectivity index (χ4n) is 9.53. The molecule has 4 aromatic rings. The van der Waals surface area contributed by atoms with Crippen molar-refractivity contribution in [3.63, 3.8) is 0 Å². The van der Waals surface area contributed by atoms with E-state index in [0.717, 1.165) is 47.9 Å². The van der Waals surface area contributed by atoms with Crippen molar-refractivity contribution >= 4 is 17.5 Å². The second-order valence-electron chi connectivity index (χ2n) is 16.7. The van der Waals surface area contributed by atoms with Crippen molar-refractivity contribution in [2.45, 2.75) is 75.9 Å². The first-order chi connectivity index (χ1) is 31.8. The first-order valence-corrected chi connectivity index (χ1v) is 22.4. The average molecular weight is 890 g/mol. The molecule has 2 N–H and O–H groups in total. The largest absolute Gasteiger partial charge is 0.459 e. The number of aliphatic hydroxyl groups excluding tert-OH is 2. The summed E-state index contributed by atoms with van der Waals surface area (Å²) in [6.45, 7) is 5.00. The Balaban J connectivity index is 1.32. The maximum atomic E-state index is 14.2. The summed E-state index contributed by atoms with van der Waals surface area (Å²) in [5, 5.41) is 36.4. The third-order valence-electron chi connectivity index (χ3n) is 12.5. The minimum Gasteiger partial charge on any atom is -0.459 e. The third-order valence-corrected chi connectivity index (χ3v) is 12.5. The lowest BCUT2D eigenvalue weighted by molar-refractivity contribution is -0.384. The maximum Gasteiger partial charge on any atom is 0.410 e. The van der Waals surface area contributed by atoms with E-state index in [1.54, 1.807) is 31.3 Å². The molecular weight excluding hydrogens is 831 g/mol. The molecule has 1 heterocycles. The van der Waals surface area contributed by atoms with Gasteiger partial charge in [-0.1, -0.05) is 96.9 Å². The number of carbonyl (C=O) groups excluding carboxylic acids is 1. The highest BCUT2D eigenvalue weighted by atomic mass is 16.7. The highest BCUT2D eigenvalue weighted by molar-refractivity contribution is 6.03. The number of likely N-dealkylation sites (N-methyl/N-ethyl adjacent to an activating group) is 1. The van der Waals surface area contributed by atoms with Crippen LogP contribution in [-0.2, 0) is 32.3 Å². The summed E-state index contributed by atoms with van der Waals surface area (Å²) in [6.07, 6.45) is 7.81. The average Bonchev–Trinajstić information content (AvgIpc) is 3.32. The Morgan fingerprint density at radius 3 is 2.32 bits per heavy atom. The molecule has 1 saturated carbocycles. The molecule has 0 spiro atoms. The lowest BCUT2D eigenvalue weighted by Gasteiger charge is -2.59. The Morgan fingerprint density at radius 2 is 1.62 bits per heavy atom. The van der Waals surface area contributed by atoms with Gasteiger partial charge in [0.05, 0.1) is 42.4 Å². The topological polar surface area (TPSA) is 172 Å². The van der Waals surface area contributed by atoms with Crippen LogP contribution in [0.3, 0.4) is 0 Å². The molecule has 14 heteroatoms. The zero-order valence-corrected chi connectivity index (χ0v) is 36.9. The van der Waals surface area contributed by atoms with Crippen LogP contribution in [0.5, 0.6) is 17.2 Å². The van der Waals surface area contributed by atoms with Crippen LogP contribution in [0.25, 0.3) is 0 Å². The molecule has 14 nitrogen and oxygen atoms in total. The van der Waals surface area contributed by atoms with Crippen LogP contribution in [0.4, 0.5) is 10.5 Å². The molecule has 7 rings (SSSR count). The lowest BCUT2D eigenvalue weighted by atomic mass is 9.55. The smallest absolute Gasteiger partial charge is 0.410 e. The monoisotopic (exact) mass is 889 g/mol. The summed E-state index contributed by atoms with van der Waals surface area (Å²) in [5.41, 5.74) is 4.21. The van der Waals surface area contributed by atoms with Gasteiger partial charge in [-0.25, -0.2) is 4.79 Å². The van der Waals surface area contributed by atoms with Crippen LogP contribution in [0.2, 0.25) is 0 Å². The van der Waals surface area contributed by atoms with Crippen molar-refractivity contribution in [2.24, 2.45) is 22.9 Å². The van der Waals surface area contributed by atoms with E-state index in [0.29, 0.717) is 42.4 Å². The molecule has 0 aromatic heterocycles.